The molecule has 0 bridgehead atoms. The van der Waals surface area contributed by atoms with E-state index in [0.29, 0.717) is 5.92 Å². The van der Waals surface area contributed by atoms with Gasteiger partial charge < -0.3 is 4.74 Å². The number of hydrogen-bond acceptors (Lipinski definition) is 1. The third-order valence-electron chi connectivity index (χ3n) is 7.45. The van der Waals surface area contributed by atoms with Gasteiger partial charge in [-0.15, -0.1) is 0 Å². The number of halogens is 2. The summed E-state index contributed by atoms with van der Waals surface area (Å²) < 4.78 is 19.4. The third kappa shape index (κ3) is 5.00. The van der Waals surface area contributed by atoms with E-state index in [4.69, 9.17) is 16.3 Å². The molecule has 0 aliphatic heterocycles. The summed E-state index contributed by atoms with van der Waals surface area (Å²) in [5, 5.41) is 0.169. The van der Waals surface area contributed by atoms with Crippen LogP contribution in [-0.2, 0) is 0 Å². The molecular weight excluding hydrogens is 407 g/mol. The molecule has 2 aromatic carbocycles. The largest absolute Gasteiger partial charge is 0.494 e. The molecule has 4 rings (SSSR count). The average molecular weight is 441 g/mol. The first-order valence-corrected chi connectivity index (χ1v) is 12.3. The molecule has 1 nitrogen and oxygen atoms in total. The zero-order valence-electron chi connectivity index (χ0n) is 18.8. The number of rotatable bonds is 6. The number of allylic oxidation sites excluding steroid dienone is 2. The van der Waals surface area contributed by atoms with Gasteiger partial charge in [-0.2, -0.15) is 0 Å². The van der Waals surface area contributed by atoms with Crippen LogP contribution in [0, 0.1) is 11.7 Å². The lowest BCUT2D eigenvalue weighted by molar-refractivity contribution is 0.308. The minimum absolute atomic E-state index is 0.169. The van der Waals surface area contributed by atoms with Crippen LogP contribution in [0.4, 0.5) is 4.39 Å². The molecule has 2 aromatic rings. The van der Waals surface area contributed by atoms with Crippen molar-refractivity contribution >= 4 is 17.2 Å². The predicted octanol–water partition coefficient (Wildman–Crippen LogP) is 8.91. The molecule has 0 heterocycles. The quantitative estimate of drug-likeness (QED) is 0.435. The Morgan fingerprint density at radius 1 is 0.935 bits per heavy atom. The van der Waals surface area contributed by atoms with Gasteiger partial charge >= 0.3 is 0 Å². The molecule has 0 amide bonds. The second-order valence-electron chi connectivity index (χ2n) is 9.32. The van der Waals surface area contributed by atoms with Crippen LogP contribution >= 0.6 is 11.6 Å². The monoisotopic (exact) mass is 440 g/mol. The maximum Gasteiger partial charge on any atom is 0.184 e. The van der Waals surface area contributed by atoms with Crippen LogP contribution < -0.4 is 4.74 Å². The SMILES string of the molecule is CCCC1CCC(c2ccc(C3CC=C(c4ccc(OC)c(F)c4Cl)CC3)cc2)CC1. The molecule has 1 saturated carbocycles. The van der Waals surface area contributed by atoms with Crippen LogP contribution in [0.5, 0.6) is 5.75 Å². The molecule has 0 radical (unpaired) electrons. The summed E-state index contributed by atoms with van der Waals surface area (Å²) >= 11 is 6.29. The Bertz CT molecular complexity index is 909. The zero-order chi connectivity index (χ0) is 21.8. The van der Waals surface area contributed by atoms with Crippen molar-refractivity contribution in [3.05, 3.63) is 70.0 Å². The van der Waals surface area contributed by atoms with E-state index in [1.54, 1.807) is 6.07 Å². The number of methoxy groups -OCH3 is 1. The van der Waals surface area contributed by atoms with Gasteiger partial charge in [0.2, 0.25) is 0 Å². The second-order valence-corrected chi connectivity index (χ2v) is 9.69. The van der Waals surface area contributed by atoms with Crippen molar-refractivity contribution in [1.29, 1.82) is 0 Å². The maximum atomic E-state index is 14.3. The van der Waals surface area contributed by atoms with Gasteiger partial charge in [0, 0.05) is 0 Å². The summed E-state index contributed by atoms with van der Waals surface area (Å²) in [7, 11) is 1.46. The van der Waals surface area contributed by atoms with Crippen molar-refractivity contribution in [1.82, 2.24) is 0 Å². The van der Waals surface area contributed by atoms with E-state index in [0.717, 1.165) is 42.2 Å². The van der Waals surface area contributed by atoms with Gasteiger partial charge in [-0.25, -0.2) is 4.39 Å². The molecule has 31 heavy (non-hydrogen) atoms. The fourth-order valence-electron chi connectivity index (χ4n) is 5.55. The lowest BCUT2D eigenvalue weighted by Gasteiger charge is -2.29. The molecule has 0 aromatic heterocycles. The fraction of sp³-hybridized carbons (Fsp3) is 0.500. The zero-order valence-corrected chi connectivity index (χ0v) is 19.6. The van der Waals surface area contributed by atoms with Crippen molar-refractivity contribution in [2.75, 3.05) is 7.11 Å². The fourth-order valence-corrected chi connectivity index (χ4v) is 5.83. The van der Waals surface area contributed by atoms with Crippen molar-refractivity contribution in [3.8, 4) is 5.75 Å². The molecule has 3 heteroatoms. The molecule has 1 fully saturated rings. The van der Waals surface area contributed by atoms with Crippen molar-refractivity contribution in [2.45, 2.75) is 76.5 Å². The third-order valence-corrected chi connectivity index (χ3v) is 7.82. The van der Waals surface area contributed by atoms with Gasteiger partial charge in [-0.1, -0.05) is 61.7 Å². The van der Waals surface area contributed by atoms with Crippen molar-refractivity contribution in [2.24, 2.45) is 5.92 Å². The first-order chi connectivity index (χ1) is 15.1. The molecule has 0 N–H and O–H groups in total. The lowest BCUT2D eigenvalue weighted by atomic mass is 9.76. The first kappa shape index (κ1) is 22.4. The molecule has 0 saturated heterocycles. The minimum atomic E-state index is -0.469. The highest BCUT2D eigenvalue weighted by atomic mass is 35.5. The van der Waals surface area contributed by atoms with Crippen LogP contribution in [0.25, 0.3) is 5.57 Å². The summed E-state index contributed by atoms with van der Waals surface area (Å²) in [6.07, 6.45) is 13.4. The highest BCUT2D eigenvalue weighted by Gasteiger charge is 2.23. The van der Waals surface area contributed by atoms with E-state index in [-0.39, 0.29) is 10.8 Å². The van der Waals surface area contributed by atoms with Crippen LogP contribution in [-0.4, -0.2) is 7.11 Å². The Labute approximate surface area is 191 Å². The Hall–Kier alpha value is -1.80. The number of hydrogen-bond donors (Lipinski definition) is 0. The van der Waals surface area contributed by atoms with Crippen LogP contribution in [0.2, 0.25) is 5.02 Å². The first-order valence-electron chi connectivity index (χ1n) is 11.9. The lowest BCUT2D eigenvalue weighted by Crippen LogP contribution is -2.13. The average Bonchev–Trinajstić information content (AvgIpc) is 2.82. The summed E-state index contributed by atoms with van der Waals surface area (Å²) in [5.74, 6) is 1.95. The van der Waals surface area contributed by atoms with Crippen LogP contribution in [0.15, 0.2) is 42.5 Å². The Morgan fingerprint density at radius 2 is 1.61 bits per heavy atom. The van der Waals surface area contributed by atoms with Crippen LogP contribution in [0.3, 0.4) is 0 Å². The van der Waals surface area contributed by atoms with E-state index in [2.05, 4.69) is 37.3 Å². The van der Waals surface area contributed by atoms with Gasteiger partial charge in [0.15, 0.2) is 11.6 Å². The smallest absolute Gasteiger partial charge is 0.184 e. The molecule has 0 spiro atoms. The molecular formula is C28H34ClFO. The van der Waals surface area contributed by atoms with Gasteiger partial charge in [-0.3, -0.25) is 0 Å². The second kappa shape index (κ2) is 10.2. The number of benzene rings is 2. The van der Waals surface area contributed by atoms with Crippen LogP contribution in [0.1, 0.15) is 93.2 Å². The molecule has 2 aliphatic rings. The normalized spacial score (nSPS) is 24.0. The summed E-state index contributed by atoms with van der Waals surface area (Å²) in [4.78, 5) is 0. The predicted molar refractivity (Wildman–Crippen MR) is 129 cm³/mol. The standard InChI is InChI=1S/C28H34ClFO/c1-3-4-19-5-7-20(8-6-19)21-9-11-22(12-10-21)23-13-15-24(16-14-23)25-17-18-26(31-2)28(30)27(25)29/h9-12,15,17-20,23H,3-8,13-14,16H2,1-2H3. The van der Waals surface area contributed by atoms with Crippen molar-refractivity contribution < 1.29 is 9.13 Å². The Balaban J connectivity index is 1.39. The summed E-state index contributed by atoms with van der Waals surface area (Å²) in [5.41, 5.74) is 4.88. The highest BCUT2D eigenvalue weighted by Crippen LogP contribution is 2.41. The summed E-state index contributed by atoms with van der Waals surface area (Å²) in [6.45, 7) is 2.30. The summed E-state index contributed by atoms with van der Waals surface area (Å²) in [6, 6.07) is 13.0. The maximum absolute atomic E-state index is 14.3. The Kier molecular flexibility index (Phi) is 7.38. The number of ether oxygens (including phenoxy) is 1. The molecule has 1 atom stereocenters. The van der Waals surface area contributed by atoms with Gasteiger partial charge in [0.25, 0.3) is 0 Å². The van der Waals surface area contributed by atoms with Crippen molar-refractivity contribution in [3.63, 3.8) is 0 Å². The van der Waals surface area contributed by atoms with Gasteiger partial charge in [0.1, 0.15) is 0 Å². The minimum Gasteiger partial charge on any atom is -0.494 e. The molecule has 1 unspecified atom stereocenters. The van der Waals surface area contributed by atoms with E-state index in [1.807, 2.05) is 6.07 Å². The van der Waals surface area contributed by atoms with E-state index < -0.39 is 5.82 Å². The van der Waals surface area contributed by atoms with Gasteiger partial charge in [-0.05, 0) is 97.1 Å². The molecule has 166 valence electrons. The highest BCUT2D eigenvalue weighted by molar-refractivity contribution is 6.32. The van der Waals surface area contributed by atoms with Gasteiger partial charge in [0.05, 0.1) is 12.1 Å². The van der Waals surface area contributed by atoms with E-state index in [9.17, 15) is 4.39 Å². The molecule has 2 aliphatic carbocycles. The Morgan fingerprint density at radius 3 is 2.19 bits per heavy atom. The topological polar surface area (TPSA) is 9.23 Å². The van der Waals surface area contributed by atoms with E-state index in [1.165, 1.54) is 56.8 Å². The van der Waals surface area contributed by atoms with E-state index >= 15 is 0 Å².